The van der Waals surface area contributed by atoms with Gasteiger partial charge in [-0.3, -0.25) is 4.79 Å². The molecule has 0 saturated heterocycles. The topological polar surface area (TPSA) is 37.3 Å². The number of fused-ring (bicyclic) bond motifs is 4. The third-order valence-electron chi connectivity index (χ3n) is 8.73. The molecule has 2 saturated carbocycles. The van der Waals surface area contributed by atoms with Gasteiger partial charge in [-0.1, -0.05) is 54.7 Å². The maximum atomic E-state index is 12.2. The van der Waals surface area contributed by atoms with Crippen LogP contribution in [0.15, 0.2) is 53.1 Å². The second-order valence-corrected chi connectivity index (χ2v) is 11.8. The predicted molar refractivity (Wildman–Crippen MR) is 129 cm³/mol. The van der Waals surface area contributed by atoms with E-state index >= 15 is 0 Å². The Kier molecular flexibility index (Phi) is 5.06. The zero-order chi connectivity index (χ0) is 22.7. The van der Waals surface area contributed by atoms with E-state index in [2.05, 4.69) is 69.9 Å². The van der Waals surface area contributed by atoms with Crippen LogP contribution in [-0.2, 0) is 4.79 Å². The number of aliphatic hydroxyl groups is 1. The molecule has 1 aromatic rings. The molecule has 0 heterocycles. The third-order valence-corrected chi connectivity index (χ3v) is 8.73. The predicted octanol–water partition coefficient (Wildman–Crippen LogP) is 6.37. The smallest absolute Gasteiger partial charge is 0.156 e. The Hall–Kier alpha value is -2.11. The summed E-state index contributed by atoms with van der Waals surface area (Å²) in [7, 11) is 0. The molecule has 168 valence electrons. The first-order valence-corrected chi connectivity index (χ1v) is 12.4. The van der Waals surface area contributed by atoms with Gasteiger partial charge in [0.1, 0.15) is 5.60 Å². The molecule has 2 nitrogen and oxygen atoms in total. The highest BCUT2D eigenvalue weighted by Crippen LogP contribution is 2.66. The van der Waals surface area contributed by atoms with E-state index in [1.165, 1.54) is 16.7 Å². The molecular formula is C30H36O2. The fourth-order valence-electron chi connectivity index (χ4n) is 7.15. The van der Waals surface area contributed by atoms with Gasteiger partial charge in [0.05, 0.1) is 0 Å². The lowest BCUT2D eigenvalue weighted by molar-refractivity contribution is -0.114. The first-order chi connectivity index (χ1) is 15.1. The maximum Gasteiger partial charge on any atom is 0.156 e. The van der Waals surface area contributed by atoms with Crippen molar-refractivity contribution in [3.63, 3.8) is 0 Å². The van der Waals surface area contributed by atoms with Gasteiger partial charge >= 0.3 is 0 Å². The highest BCUT2D eigenvalue weighted by atomic mass is 16.3. The van der Waals surface area contributed by atoms with Gasteiger partial charge < -0.3 is 5.11 Å². The third kappa shape index (κ3) is 3.41. The lowest BCUT2D eigenvalue weighted by Gasteiger charge is -2.53. The molecule has 0 radical (unpaired) electrons. The zero-order valence-electron chi connectivity index (χ0n) is 20.0. The standard InChI is InChI=1S/C30H36O2/c1-28(2,3)16-17-30(32)15-14-26-24-12-10-21-18-22(31)11-13-23(21)27(24)25(19-29(26,30)4)20-8-6-5-7-9-20/h5-9,18,24-26,32H,10-15,19H2,1-4H3/t24-,25+,26-,29-,30+/m0/s1. The molecule has 4 aliphatic rings. The van der Waals surface area contributed by atoms with Gasteiger partial charge in [-0.2, -0.15) is 0 Å². The van der Waals surface area contributed by atoms with Crippen LogP contribution in [0.2, 0.25) is 0 Å². The number of rotatable bonds is 1. The zero-order valence-corrected chi connectivity index (χ0v) is 20.0. The number of hydrogen-bond donors (Lipinski definition) is 1. The molecule has 1 N–H and O–H groups in total. The number of carbonyl (C=O) groups is 1. The monoisotopic (exact) mass is 428 g/mol. The summed E-state index contributed by atoms with van der Waals surface area (Å²) < 4.78 is 0. The van der Waals surface area contributed by atoms with Crippen LogP contribution in [0.3, 0.4) is 0 Å². The summed E-state index contributed by atoms with van der Waals surface area (Å²) in [6.07, 6.45) is 8.26. The maximum absolute atomic E-state index is 12.2. The summed E-state index contributed by atoms with van der Waals surface area (Å²) in [5.74, 6) is 8.28. The Morgan fingerprint density at radius 2 is 1.81 bits per heavy atom. The summed E-state index contributed by atoms with van der Waals surface area (Å²) in [6.45, 7) is 8.67. The van der Waals surface area contributed by atoms with E-state index in [0.717, 1.165) is 38.5 Å². The number of carbonyl (C=O) groups excluding carboxylic acids is 1. The molecular weight excluding hydrogens is 392 g/mol. The second-order valence-electron chi connectivity index (χ2n) is 11.8. The average molecular weight is 429 g/mol. The first-order valence-electron chi connectivity index (χ1n) is 12.4. The molecule has 5 atom stereocenters. The highest BCUT2D eigenvalue weighted by Gasteiger charge is 2.62. The van der Waals surface area contributed by atoms with Gasteiger partial charge in [0, 0.05) is 23.2 Å². The molecule has 4 aliphatic carbocycles. The van der Waals surface area contributed by atoms with E-state index in [4.69, 9.17) is 0 Å². The largest absolute Gasteiger partial charge is 0.377 e. The molecule has 0 bridgehead atoms. The van der Waals surface area contributed by atoms with Crippen molar-refractivity contribution < 1.29 is 9.90 Å². The molecule has 32 heavy (non-hydrogen) atoms. The Balaban J connectivity index is 1.66. The van der Waals surface area contributed by atoms with Crippen molar-refractivity contribution >= 4 is 5.78 Å². The van der Waals surface area contributed by atoms with Crippen LogP contribution < -0.4 is 0 Å². The molecule has 5 rings (SSSR count). The Labute approximate surface area is 193 Å². The molecule has 1 aromatic carbocycles. The van der Waals surface area contributed by atoms with Crippen molar-refractivity contribution in [3.05, 3.63) is 58.7 Å². The summed E-state index contributed by atoms with van der Waals surface area (Å²) in [5, 5.41) is 12.0. The molecule has 0 aromatic heterocycles. The second kappa shape index (κ2) is 7.46. The highest BCUT2D eigenvalue weighted by molar-refractivity contribution is 5.93. The SMILES string of the molecule is CC(C)(C)C#C[C@]1(O)CC[C@H]2[C@@H]3CCC4=CC(=O)CCC4=C3[C@@H](c3ccccc3)C[C@@]21C. The van der Waals surface area contributed by atoms with Crippen LogP contribution in [-0.4, -0.2) is 16.5 Å². The van der Waals surface area contributed by atoms with E-state index in [9.17, 15) is 9.90 Å². The minimum atomic E-state index is -0.938. The van der Waals surface area contributed by atoms with Crippen LogP contribution in [0.25, 0.3) is 0 Å². The molecule has 0 aliphatic heterocycles. The Morgan fingerprint density at radius 1 is 1.06 bits per heavy atom. The Morgan fingerprint density at radius 3 is 2.53 bits per heavy atom. The fourth-order valence-corrected chi connectivity index (χ4v) is 7.15. The van der Waals surface area contributed by atoms with Gasteiger partial charge in [0.15, 0.2) is 5.78 Å². The van der Waals surface area contributed by atoms with E-state index < -0.39 is 5.60 Å². The summed E-state index contributed by atoms with van der Waals surface area (Å²) in [5.41, 5.74) is 4.39. The van der Waals surface area contributed by atoms with E-state index in [1.807, 2.05) is 6.08 Å². The van der Waals surface area contributed by atoms with E-state index in [-0.39, 0.29) is 22.5 Å². The lowest BCUT2D eigenvalue weighted by atomic mass is 9.51. The van der Waals surface area contributed by atoms with Gasteiger partial charge in [0.25, 0.3) is 0 Å². The summed E-state index contributed by atoms with van der Waals surface area (Å²) in [4.78, 5) is 12.2. The van der Waals surface area contributed by atoms with Crippen LogP contribution in [0.1, 0.15) is 84.1 Å². The molecule has 0 spiro atoms. The molecule has 2 fully saturated rings. The number of allylic oxidation sites excluding steroid dienone is 4. The van der Waals surface area contributed by atoms with Crippen molar-refractivity contribution in [2.45, 2.75) is 84.2 Å². The van der Waals surface area contributed by atoms with Gasteiger partial charge in [-0.25, -0.2) is 0 Å². The van der Waals surface area contributed by atoms with Gasteiger partial charge in [-0.05, 0) is 93.9 Å². The minimum Gasteiger partial charge on any atom is -0.377 e. The van der Waals surface area contributed by atoms with Crippen LogP contribution in [0.5, 0.6) is 0 Å². The van der Waals surface area contributed by atoms with Crippen LogP contribution in [0.4, 0.5) is 0 Å². The minimum absolute atomic E-state index is 0.121. The van der Waals surface area contributed by atoms with Crippen molar-refractivity contribution in [1.29, 1.82) is 0 Å². The number of ketones is 1. The number of hydrogen-bond acceptors (Lipinski definition) is 2. The fraction of sp³-hybridized carbons (Fsp3) is 0.567. The molecule has 0 amide bonds. The van der Waals surface area contributed by atoms with E-state index in [1.54, 1.807) is 5.57 Å². The van der Waals surface area contributed by atoms with E-state index in [0.29, 0.717) is 18.3 Å². The van der Waals surface area contributed by atoms with Gasteiger partial charge in [-0.15, -0.1) is 0 Å². The first kappa shape index (κ1) is 21.7. The lowest BCUT2D eigenvalue weighted by Crippen LogP contribution is -2.51. The van der Waals surface area contributed by atoms with Crippen molar-refractivity contribution in [2.24, 2.45) is 22.7 Å². The van der Waals surface area contributed by atoms with Crippen molar-refractivity contribution in [1.82, 2.24) is 0 Å². The quantitative estimate of drug-likeness (QED) is 0.528. The Bertz CT molecular complexity index is 1060. The molecule has 2 heteroatoms. The number of benzene rings is 1. The van der Waals surface area contributed by atoms with Crippen LogP contribution >= 0.6 is 0 Å². The van der Waals surface area contributed by atoms with Crippen LogP contribution in [0, 0.1) is 34.5 Å². The normalized spacial score (nSPS) is 36.5. The molecule has 0 unspecified atom stereocenters. The average Bonchev–Trinajstić information content (AvgIpc) is 3.02. The van der Waals surface area contributed by atoms with Gasteiger partial charge in [0.2, 0.25) is 0 Å². The van der Waals surface area contributed by atoms with Crippen molar-refractivity contribution in [2.75, 3.05) is 0 Å². The summed E-state index contributed by atoms with van der Waals surface area (Å²) >= 11 is 0. The summed E-state index contributed by atoms with van der Waals surface area (Å²) in [6, 6.07) is 10.8. The van der Waals surface area contributed by atoms with Crippen molar-refractivity contribution in [3.8, 4) is 11.8 Å².